The number of benzene rings is 1. The van der Waals surface area contributed by atoms with Gasteiger partial charge in [-0.15, -0.1) is 0 Å². The van der Waals surface area contributed by atoms with Crippen LogP contribution in [0.4, 0.5) is 0 Å². The van der Waals surface area contributed by atoms with Gasteiger partial charge in [0.25, 0.3) is 0 Å². The molecule has 3 heteroatoms. The summed E-state index contributed by atoms with van der Waals surface area (Å²) in [5.41, 5.74) is 1.18. The van der Waals surface area contributed by atoms with Crippen molar-refractivity contribution in [2.45, 2.75) is 18.8 Å². The third-order valence-corrected chi connectivity index (χ3v) is 3.60. The number of fused-ring (bicyclic) bond motifs is 1. The lowest BCUT2D eigenvalue weighted by Crippen LogP contribution is -2.40. The fourth-order valence-electron chi connectivity index (χ4n) is 2.55. The van der Waals surface area contributed by atoms with Gasteiger partial charge in [0.1, 0.15) is 0 Å². The number of likely N-dealkylation sites (tertiary alicyclic amines) is 1. The van der Waals surface area contributed by atoms with Crippen LogP contribution in [0.25, 0.3) is 0 Å². The van der Waals surface area contributed by atoms with Crippen molar-refractivity contribution in [1.82, 2.24) is 4.90 Å². The highest BCUT2D eigenvalue weighted by molar-refractivity contribution is 5.48. The predicted molar refractivity (Wildman–Crippen MR) is 62.0 cm³/mol. The molecule has 86 valence electrons. The molecule has 2 aliphatic rings. The number of nitrogens with zero attached hydrogens (tertiary/aromatic N) is 1. The van der Waals surface area contributed by atoms with Gasteiger partial charge in [-0.25, -0.2) is 0 Å². The first-order chi connectivity index (χ1) is 7.84. The summed E-state index contributed by atoms with van der Waals surface area (Å²) in [5.74, 6) is 1.52. The van der Waals surface area contributed by atoms with E-state index in [2.05, 4.69) is 11.0 Å². The second kappa shape index (κ2) is 3.98. The van der Waals surface area contributed by atoms with Gasteiger partial charge in [-0.3, -0.25) is 0 Å². The predicted octanol–water partition coefficient (Wildman–Crippen LogP) is 1.96. The van der Waals surface area contributed by atoms with E-state index in [1.807, 2.05) is 6.07 Å². The summed E-state index contributed by atoms with van der Waals surface area (Å²) in [4.78, 5) is 2.48. The number of hydrogen-bond acceptors (Lipinski definition) is 3. The van der Waals surface area contributed by atoms with Gasteiger partial charge in [-0.1, -0.05) is 12.1 Å². The van der Waals surface area contributed by atoms with E-state index in [4.69, 9.17) is 4.74 Å². The van der Waals surface area contributed by atoms with E-state index < -0.39 is 0 Å². The molecule has 0 bridgehead atoms. The van der Waals surface area contributed by atoms with Crippen molar-refractivity contribution in [2.24, 2.45) is 0 Å². The first-order valence-corrected chi connectivity index (χ1v) is 6.01. The SMILES string of the molecule is Oc1cccc2c1OCCC2CN1CCC1. The Kier molecular flexibility index (Phi) is 2.48. The second-order valence-corrected chi connectivity index (χ2v) is 4.68. The van der Waals surface area contributed by atoms with Crippen LogP contribution in [-0.4, -0.2) is 36.2 Å². The minimum absolute atomic E-state index is 0.283. The highest BCUT2D eigenvalue weighted by Gasteiger charge is 2.27. The zero-order chi connectivity index (χ0) is 11.0. The molecule has 0 spiro atoms. The maximum Gasteiger partial charge on any atom is 0.164 e. The number of ether oxygens (including phenoxy) is 1. The van der Waals surface area contributed by atoms with E-state index in [-0.39, 0.29) is 5.75 Å². The maximum atomic E-state index is 9.74. The van der Waals surface area contributed by atoms with E-state index in [1.54, 1.807) is 6.07 Å². The van der Waals surface area contributed by atoms with Crippen LogP contribution in [-0.2, 0) is 0 Å². The number of aromatic hydroxyl groups is 1. The van der Waals surface area contributed by atoms with Gasteiger partial charge in [0, 0.05) is 18.0 Å². The summed E-state index contributed by atoms with van der Waals surface area (Å²) in [7, 11) is 0. The van der Waals surface area contributed by atoms with E-state index in [9.17, 15) is 5.11 Å². The molecule has 1 aromatic carbocycles. The smallest absolute Gasteiger partial charge is 0.164 e. The number of para-hydroxylation sites is 1. The molecular weight excluding hydrogens is 202 g/mol. The standard InChI is InChI=1S/C13H17NO2/c15-12-4-1-3-11-10(5-8-16-13(11)12)9-14-6-2-7-14/h1,3-4,10,15H,2,5-9H2. The molecular formula is C13H17NO2. The normalized spacial score (nSPS) is 24.4. The lowest BCUT2D eigenvalue weighted by Gasteiger charge is -2.36. The summed E-state index contributed by atoms with van der Waals surface area (Å²) >= 11 is 0. The molecule has 0 aliphatic carbocycles. The molecule has 1 saturated heterocycles. The highest BCUT2D eigenvalue weighted by Crippen LogP contribution is 2.40. The average Bonchev–Trinajstić information content (AvgIpc) is 2.24. The molecule has 2 aliphatic heterocycles. The fraction of sp³-hybridized carbons (Fsp3) is 0.538. The Morgan fingerprint density at radius 3 is 3.00 bits per heavy atom. The summed E-state index contributed by atoms with van der Waals surface area (Å²) in [6.07, 6.45) is 2.39. The molecule has 0 amide bonds. The minimum Gasteiger partial charge on any atom is -0.504 e. The van der Waals surface area contributed by atoms with Crippen molar-refractivity contribution in [3.63, 3.8) is 0 Å². The Balaban J connectivity index is 1.84. The van der Waals surface area contributed by atoms with Crippen LogP contribution < -0.4 is 4.74 Å². The monoisotopic (exact) mass is 219 g/mol. The Morgan fingerprint density at radius 1 is 1.38 bits per heavy atom. The zero-order valence-electron chi connectivity index (χ0n) is 9.35. The fourth-order valence-corrected chi connectivity index (χ4v) is 2.55. The van der Waals surface area contributed by atoms with Crippen LogP contribution >= 0.6 is 0 Å². The summed E-state index contributed by atoms with van der Waals surface area (Å²) < 4.78 is 5.55. The van der Waals surface area contributed by atoms with E-state index >= 15 is 0 Å². The maximum absolute atomic E-state index is 9.74. The Labute approximate surface area is 95.6 Å². The number of hydrogen-bond donors (Lipinski definition) is 1. The van der Waals surface area contributed by atoms with Crippen molar-refractivity contribution >= 4 is 0 Å². The molecule has 0 saturated carbocycles. The van der Waals surface area contributed by atoms with Crippen molar-refractivity contribution < 1.29 is 9.84 Å². The quantitative estimate of drug-likeness (QED) is 0.825. The van der Waals surface area contributed by atoms with E-state index in [1.165, 1.54) is 25.1 Å². The largest absolute Gasteiger partial charge is 0.504 e. The molecule has 1 unspecified atom stereocenters. The van der Waals surface area contributed by atoms with Crippen LogP contribution in [0, 0.1) is 0 Å². The lowest BCUT2D eigenvalue weighted by molar-refractivity contribution is 0.151. The molecule has 3 rings (SSSR count). The summed E-state index contributed by atoms with van der Waals surface area (Å²) in [6.45, 7) is 4.29. The third kappa shape index (κ3) is 1.65. The van der Waals surface area contributed by atoms with Crippen molar-refractivity contribution in [3.8, 4) is 11.5 Å². The molecule has 0 aromatic heterocycles. The van der Waals surface area contributed by atoms with Crippen LogP contribution in [0.1, 0.15) is 24.3 Å². The van der Waals surface area contributed by atoms with Crippen molar-refractivity contribution in [1.29, 1.82) is 0 Å². The Hall–Kier alpha value is -1.22. The molecule has 16 heavy (non-hydrogen) atoms. The zero-order valence-corrected chi connectivity index (χ0v) is 9.35. The van der Waals surface area contributed by atoms with Crippen LogP contribution in [0.2, 0.25) is 0 Å². The first-order valence-electron chi connectivity index (χ1n) is 6.01. The third-order valence-electron chi connectivity index (χ3n) is 3.60. The second-order valence-electron chi connectivity index (χ2n) is 4.68. The van der Waals surface area contributed by atoms with Gasteiger partial charge in [-0.2, -0.15) is 0 Å². The van der Waals surface area contributed by atoms with Gasteiger partial charge in [0.05, 0.1) is 6.61 Å². The van der Waals surface area contributed by atoms with Crippen molar-refractivity contribution in [2.75, 3.05) is 26.2 Å². The Bertz CT molecular complexity index is 388. The lowest BCUT2D eigenvalue weighted by atomic mass is 9.91. The first kappa shape index (κ1) is 9.97. The molecule has 2 heterocycles. The molecule has 1 fully saturated rings. The molecule has 1 aromatic rings. The molecule has 1 atom stereocenters. The van der Waals surface area contributed by atoms with Crippen molar-refractivity contribution in [3.05, 3.63) is 23.8 Å². The van der Waals surface area contributed by atoms with E-state index in [0.717, 1.165) is 19.6 Å². The van der Waals surface area contributed by atoms with Crippen LogP contribution in [0.15, 0.2) is 18.2 Å². The average molecular weight is 219 g/mol. The Morgan fingerprint density at radius 2 is 2.25 bits per heavy atom. The van der Waals surface area contributed by atoms with Crippen LogP contribution in [0.3, 0.4) is 0 Å². The number of rotatable bonds is 2. The summed E-state index contributed by atoms with van der Waals surface area (Å²) in [5, 5.41) is 9.74. The van der Waals surface area contributed by atoms with Gasteiger partial charge >= 0.3 is 0 Å². The minimum atomic E-state index is 0.283. The molecule has 0 radical (unpaired) electrons. The molecule has 3 nitrogen and oxygen atoms in total. The van der Waals surface area contributed by atoms with E-state index in [0.29, 0.717) is 11.7 Å². The van der Waals surface area contributed by atoms with Gasteiger partial charge in [0.2, 0.25) is 0 Å². The molecule has 1 N–H and O–H groups in total. The van der Waals surface area contributed by atoms with Gasteiger partial charge in [-0.05, 0) is 32.0 Å². The topological polar surface area (TPSA) is 32.7 Å². The van der Waals surface area contributed by atoms with Crippen LogP contribution in [0.5, 0.6) is 11.5 Å². The highest BCUT2D eigenvalue weighted by atomic mass is 16.5. The number of phenols is 1. The summed E-state index contributed by atoms with van der Waals surface area (Å²) in [6, 6.07) is 5.69. The number of phenolic OH excluding ortho intramolecular Hbond substituents is 1. The van der Waals surface area contributed by atoms with Gasteiger partial charge in [0.15, 0.2) is 11.5 Å². The van der Waals surface area contributed by atoms with Gasteiger partial charge < -0.3 is 14.7 Å².